The predicted molar refractivity (Wildman–Crippen MR) is 110 cm³/mol. The zero-order chi connectivity index (χ0) is 17.5. The van der Waals surface area contributed by atoms with Gasteiger partial charge in [-0.1, -0.05) is 86.9 Å². The highest BCUT2D eigenvalue weighted by atomic mass is 14.3. The highest BCUT2D eigenvalue weighted by Crippen LogP contribution is 2.36. The number of hydrogen-bond donors (Lipinski definition) is 0. The van der Waals surface area contributed by atoms with E-state index in [0.717, 1.165) is 17.8 Å². The molecule has 2 aliphatic rings. The van der Waals surface area contributed by atoms with Crippen LogP contribution in [0.2, 0.25) is 0 Å². The van der Waals surface area contributed by atoms with Gasteiger partial charge in [-0.05, 0) is 68.8 Å². The van der Waals surface area contributed by atoms with Gasteiger partial charge in [0.1, 0.15) is 0 Å². The maximum atomic E-state index is 2.59. The molecule has 0 N–H and O–H groups in total. The number of benzene rings is 1. The van der Waals surface area contributed by atoms with Gasteiger partial charge >= 0.3 is 0 Å². The fraction of sp³-hybridized carbons (Fsp3) is 0.680. The standard InChI is InChI=1S/C25H38/c1-3-21-8-10-23(11-9-21)14-15-25-18-16-24(17-19-25)13-12-22-6-4-20(2)5-7-22/h4-7,16,21,23,25H,3,8-15,17-19H2,1-2H3. The minimum Gasteiger partial charge on any atom is -0.0850 e. The first kappa shape index (κ1) is 18.7. The topological polar surface area (TPSA) is 0 Å². The molecule has 0 heteroatoms. The molecule has 138 valence electrons. The third kappa shape index (κ3) is 6.01. The van der Waals surface area contributed by atoms with Crippen LogP contribution in [-0.2, 0) is 6.42 Å². The van der Waals surface area contributed by atoms with E-state index in [9.17, 15) is 0 Å². The molecule has 1 aromatic rings. The van der Waals surface area contributed by atoms with Crippen molar-refractivity contribution in [3.8, 4) is 0 Å². The molecule has 1 unspecified atom stereocenters. The number of allylic oxidation sites excluding steroid dienone is 2. The summed E-state index contributed by atoms with van der Waals surface area (Å²) in [5.74, 6) is 3.08. The molecule has 0 radical (unpaired) electrons. The zero-order valence-corrected chi connectivity index (χ0v) is 16.6. The van der Waals surface area contributed by atoms with Crippen LogP contribution in [0.25, 0.3) is 0 Å². The van der Waals surface area contributed by atoms with E-state index in [1.807, 2.05) is 0 Å². The van der Waals surface area contributed by atoms with Gasteiger partial charge < -0.3 is 0 Å². The summed E-state index contributed by atoms with van der Waals surface area (Å²) in [5.41, 5.74) is 4.59. The van der Waals surface area contributed by atoms with Crippen LogP contribution in [0.1, 0.15) is 88.7 Å². The molecular weight excluding hydrogens is 300 g/mol. The zero-order valence-electron chi connectivity index (χ0n) is 16.6. The molecule has 0 heterocycles. The van der Waals surface area contributed by atoms with Crippen LogP contribution in [0, 0.1) is 24.7 Å². The van der Waals surface area contributed by atoms with Gasteiger partial charge in [0.05, 0.1) is 0 Å². The fourth-order valence-electron chi connectivity index (χ4n) is 4.89. The van der Waals surface area contributed by atoms with Crippen molar-refractivity contribution < 1.29 is 0 Å². The van der Waals surface area contributed by atoms with E-state index < -0.39 is 0 Å². The van der Waals surface area contributed by atoms with Crippen molar-refractivity contribution in [2.75, 3.05) is 0 Å². The van der Waals surface area contributed by atoms with E-state index in [0.29, 0.717) is 0 Å². The Bertz CT molecular complexity index is 528. The first-order valence-corrected chi connectivity index (χ1v) is 11.0. The lowest BCUT2D eigenvalue weighted by molar-refractivity contribution is 0.241. The highest BCUT2D eigenvalue weighted by Gasteiger charge is 2.21. The maximum Gasteiger partial charge on any atom is -0.0241 e. The molecule has 3 rings (SSSR count). The Morgan fingerprint density at radius 1 is 0.800 bits per heavy atom. The predicted octanol–water partition coefficient (Wildman–Crippen LogP) is 7.65. The number of aryl methyl sites for hydroxylation is 2. The van der Waals surface area contributed by atoms with Crippen molar-refractivity contribution in [1.82, 2.24) is 0 Å². The van der Waals surface area contributed by atoms with Crippen LogP contribution < -0.4 is 0 Å². The third-order valence-corrected chi connectivity index (χ3v) is 7.00. The third-order valence-electron chi connectivity index (χ3n) is 7.00. The molecule has 0 amide bonds. The Hall–Kier alpha value is -1.04. The lowest BCUT2D eigenvalue weighted by atomic mass is 9.76. The summed E-state index contributed by atoms with van der Waals surface area (Å²) in [4.78, 5) is 0. The Kier molecular flexibility index (Phi) is 7.20. The molecule has 25 heavy (non-hydrogen) atoms. The molecule has 2 aliphatic carbocycles. The summed E-state index contributed by atoms with van der Waals surface area (Å²) in [7, 11) is 0. The van der Waals surface area contributed by atoms with Crippen molar-refractivity contribution in [1.29, 1.82) is 0 Å². The van der Waals surface area contributed by atoms with Crippen molar-refractivity contribution >= 4 is 0 Å². The van der Waals surface area contributed by atoms with Crippen LogP contribution in [-0.4, -0.2) is 0 Å². The van der Waals surface area contributed by atoms with E-state index in [1.165, 1.54) is 88.2 Å². The second-order valence-corrected chi connectivity index (χ2v) is 8.86. The molecular formula is C25H38. The number of rotatable bonds is 7. The van der Waals surface area contributed by atoms with Crippen molar-refractivity contribution in [2.45, 2.75) is 90.9 Å². The normalized spacial score (nSPS) is 27.1. The minimum atomic E-state index is 0.979. The Balaban J connectivity index is 1.34. The second-order valence-electron chi connectivity index (χ2n) is 8.86. The molecule has 0 nitrogen and oxygen atoms in total. The van der Waals surface area contributed by atoms with E-state index in [2.05, 4.69) is 44.2 Å². The van der Waals surface area contributed by atoms with Gasteiger partial charge in [-0.15, -0.1) is 0 Å². The fourth-order valence-corrected chi connectivity index (χ4v) is 4.89. The van der Waals surface area contributed by atoms with Crippen LogP contribution >= 0.6 is 0 Å². The average molecular weight is 339 g/mol. The van der Waals surface area contributed by atoms with Gasteiger partial charge in [0.25, 0.3) is 0 Å². The van der Waals surface area contributed by atoms with Crippen molar-refractivity contribution in [3.05, 3.63) is 47.0 Å². The van der Waals surface area contributed by atoms with E-state index in [4.69, 9.17) is 0 Å². The maximum absolute atomic E-state index is 2.59. The Morgan fingerprint density at radius 3 is 2.12 bits per heavy atom. The lowest BCUT2D eigenvalue weighted by Gasteiger charge is -2.29. The SMILES string of the molecule is CCC1CCC(CCC2CC=C(CCc3ccc(C)cc3)CC2)CC1. The van der Waals surface area contributed by atoms with Gasteiger partial charge in [0, 0.05) is 0 Å². The van der Waals surface area contributed by atoms with E-state index >= 15 is 0 Å². The first-order chi connectivity index (χ1) is 12.2. The van der Waals surface area contributed by atoms with Crippen molar-refractivity contribution in [3.63, 3.8) is 0 Å². The monoisotopic (exact) mass is 338 g/mol. The van der Waals surface area contributed by atoms with E-state index in [1.54, 1.807) is 5.57 Å². The van der Waals surface area contributed by atoms with Gasteiger partial charge in [0.15, 0.2) is 0 Å². The number of hydrogen-bond acceptors (Lipinski definition) is 0. The molecule has 0 bridgehead atoms. The quantitative estimate of drug-likeness (QED) is 0.448. The molecule has 1 atom stereocenters. The van der Waals surface area contributed by atoms with Gasteiger partial charge in [-0.2, -0.15) is 0 Å². The van der Waals surface area contributed by atoms with Crippen LogP contribution in [0.3, 0.4) is 0 Å². The molecule has 1 saturated carbocycles. The molecule has 0 aromatic heterocycles. The van der Waals surface area contributed by atoms with Crippen LogP contribution in [0.5, 0.6) is 0 Å². The Labute approximate surface area is 156 Å². The summed E-state index contributed by atoms with van der Waals surface area (Å²) < 4.78 is 0. The summed E-state index contributed by atoms with van der Waals surface area (Å²) >= 11 is 0. The molecule has 0 saturated heterocycles. The summed E-state index contributed by atoms with van der Waals surface area (Å²) in [5, 5.41) is 0. The van der Waals surface area contributed by atoms with Gasteiger partial charge in [-0.3, -0.25) is 0 Å². The Morgan fingerprint density at radius 2 is 1.48 bits per heavy atom. The van der Waals surface area contributed by atoms with Gasteiger partial charge in [0.2, 0.25) is 0 Å². The molecule has 0 aliphatic heterocycles. The van der Waals surface area contributed by atoms with Gasteiger partial charge in [-0.25, -0.2) is 0 Å². The smallest absolute Gasteiger partial charge is 0.0241 e. The average Bonchev–Trinajstić information content (AvgIpc) is 2.67. The molecule has 1 fully saturated rings. The summed E-state index contributed by atoms with van der Waals surface area (Å²) in [6.07, 6.45) is 19.7. The molecule has 0 spiro atoms. The lowest BCUT2D eigenvalue weighted by Crippen LogP contribution is -2.15. The summed E-state index contributed by atoms with van der Waals surface area (Å²) in [6.45, 7) is 4.54. The highest BCUT2D eigenvalue weighted by molar-refractivity contribution is 5.22. The second kappa shape index (κ2) is 9.60. The van der Waals surface area contributed by atoms with Crippen molar-refractivity contribution in [2.24, 2.45) is 17.8 Å². The first-order valence-electron chi connectivity index (χ1n) is 11.0. The van der Waals surface area contributed by atoms with E-state index in [-0.39, 0.29) is 0 Å². The largest absolute Gasteiger partial charge is 0.0850 e. The minimum absolute atomic E-state index is 0.979. The van der Waals surface area contributed by atoms with Crippen LogP contribution in [0.15, 0.2) is 35.9 Å². The molecule has 1 aromatic carbocycles. The van der Waals surface area contributed by atoms with Crippen LogP contribution in [0.4, 0.5) is 0 Å². The summed E-state index contributed by atoms with van der Waals surface area (Å²) in [6, 6.07) is 9.09.